The van der Waals surface area contributed by atoms with Gasteiger partial charge in [-0.05, 0) is 75.1 Å². The van der Waals surface area contributed by atoms with Gasteiger partial charge in [0, 0.05) is 43.0 Å². The Hall–Kier alpha value is -2.93. The van der Waals surface area contributed by atoms with Crippen LogP contribution in [0.25, 0.3) is 0 Å². The Bertz CT molecular complexity index is 1250. The minimum atomic E-state index is -1.27. The fourth-order valence-electron chi connectivity index (χ4n) is 8.19. The predicted octanol–water partition coefficient (Wildman–Crippen LogP) is 5.72. The smallest absolute Gasteiger partial charge is 0.164 e. The summed E-state index contributed by atoms with van der Waals surface area (Å²) in [5, 5.41) is 23.1. The molecule has 0 unspecified atom stereocenters. The van der Waals surface area contributed by atoms with Crippen LogP contribution in [-0.4, -0.2) is 60.2 Å². The number of ether oxygens (including phenoxy) is 1. The number of carbonyl (C=O) groups excluding carboxylic acids is 1. The first-order valence-corrected chi connectivity index (χ1v) is 14.8. The van der Waals surface area contributed by atoms with Crippen molar-refractivity contribution in [3.63, 3.8) is 0 Å². The summed E-state index contributed by atoms with van der Waals surface area (Å²) in [6, 6.07) is 7.98. The van der Waals surface area contributed by atoms with Gasteiger partial charge in [0.2, 0.25) is 0 Å². The number of aryl methyl sites for hydroxylation is 1. The third kappa shape index (κ3) is 4.80. The van der Waals surface area contributed by atoms with Crippen molar-refractivity contribution >= 4 is 17.2 Å². The van der Waals surface area contributed by atoms with Gasteiger partial charge in [-0.1, -0.05) is 55.3 Å². The number of aliphatic hydroxyl groups is 1. The molecule has 3 fully saturated rings. The maximum atomic E-state index is 13.1. The largest absolute Gasteiger partial charge is 0.490 e. The van der Waals surface area contributed by atoms with Crippen LogP contribution in [0.1, 0.15) is 64.9 Å². The van der Waals surface area contributed by atoms with Crippen molar-refractivity contribution in [2.45, 2.75) is 71.8 Å². The first kappa shape index (κ1) is 28.6. The van der Waals surface area contributed by atoms with E-state index in [1.54, 1.807) is 0 Å². The van der Waals surface area contributed by atoms with Crippen LogP contribution >= 0.6 is 0 Å². The third-order valence-corrected chi connectivity index (χ3v) is 10.2. The van der Waals surface area contributed by atoms with E-state index < -0.39 is 11.0 Å². The zero-order valence-corrected chi connectivity index (χ0v) is 24.9. The van der Waals surface area contributed by atoms with E-state index in [4.69, 9.17) is 14.7 Å². The van der Waals surface area contributed by atoms with Crippen LogP contribution in [0.4, 0.5) is 0 Å². The molecule has 4 aliphatic rings. The van der Waals surface area contributed by atoms with Gasteiger partial charge in [0.25, 0.3) is 0 Å². The maximum Gasteiger partial charge on any atom is 0.164 e. The molecule has 0 bridgehead atoms. The quantitative estimate of drug-likeness (QED) is 0.332. The van der Waals surface area contributed by atoms with Gasteiger partial charge in [-0.3, -0.25) is 4.79 Å². The highest BCUT2D eigenvalue weighted by Gasteiger charge is 2.67. The number of Topliss-reactive ketones (excluding diaryl/α,β-unsaturated/α-hetero) is 1. The van der Waals surface area contributed by atoms with Crippen LogP contribution in [0.3, 0.4) is 0 Å². The van der Waals surface area contributed by atoms with E-state index in [9.17, 15) is 9.90 Å². The minimum absolute atomic E-state index is 0.0227. The number of oxime groups is 1. The molecule has 0 heterocycles. The number of rotatable bonds is 8. The van der Waals surface area contributed by atoms with Crippen molar-refractivity contribution in [2.24, 2.45) is 38.8 Å². The molecular formula is C33H45N3O4. The van der Waals surface area contributed by atoms with Crippen molar-refractivity contribution in [2.75, 3.05) is 27.3 Å². The summed E-state index contributed by atoms with van der Waals surface area (Å²) in [6.07, 6.45) is 11.0. The topological polar surface area (TPSA) is 83.7 Å². The molecule has 1 N–H and O–H groups in total. The standard InChI is InChI=1S/C33H45N3O4/c1-7-29(37)33(38)17-15-27-26-13-10-23-20-24(35-40-19-18-39-25-11-8-22(2)9-12-25)14-16-31(23,3)30(26)28(34-36(5)6)21-32(27,33)4/h8-9,11-12,14,16,20,26-27,30,38H,7,10,13,15,17-19,21H2,1-6H3/b34-28-,35-24-/t26-,27-,30+,31-,32-,33-/m0/s1. The number of fused-ring (bicyclic) bond motifs is 5. The number of carbonyl (C=O) groups is 1. The normalized spacial score (nSPS) is 36.5. The molecule has 5 rings (SSSR count). The van der Waals surface area contributed by atoms with Gasteiger partial charge in [-0.2, -0.15) is 5.10 Å². The van der Waals surface area contributed by atoms with Crippen LogP contribution in [-0.2, 0) is 9.63 Å². The Morgan fingerprint density at radius 1 is 1.15 bits per heavy atom. The summed E-state index contributed by atoms with van der Waals surface area (Å²) in [4.78, 5) is 18.7. The number of hydrogen-bond donors (Lipinski definition) is 1. The van der Waals surface area contributed by atoms with Gasteiger partial charge in [0.1, 0.15) is 23.7 Å². The Morgan fingerprint density at radius 3 is 2.60 bits per heavy atom. The highest BCUT2D eigenvalue weighted by atomic mass is 16.6. The van der Waals surface area contributed by atoms with Gasteiger partial charge in [0.05, 0.1) is 0 Å². The molecule has 0 saturated heterocycles. The molecule has 216 valence electrons. The molecule has 7 heteroatoms. The zero-order chi connectivity index (χ0) is 28.7. The fraction of sp³-hybridized carbons (Fsp3) is 0.606. The number of hydrogen-bond acceptors (Lipinski definition) is 7. The number of allylic oxidation sites excluding steroid dienone is 4. The lowest BCUT2D eigenvalue weighted by Crippen LogP contribution is -2.60. The summed E-state index contributed by atoms with van der Waals surface area (Å²) >= 11 is 0. The Labute approximate surface area is 239 Å². The van der Waals surface area contributed by atoms with Crippen molar-refractivity contribution < 1.29 is 19.5 Å². The third-order valence-electron chi connectivity index (χ3n) is 10.2. The van der Waals surface area contributed by atoms with Crippen molar-refractivity contribution in [3.8, 4) is 5.75 Å². The summed E-state index contributed by atoms with van der Waals surface area (Å²) in [5.41, 5.74) is 2.51. The molecule has 3 saturated carbocycles. The number of benzene rings is 1. The SMILES string of the molecule is CCC(=O)[C@@]1(O)CC[C@H]2[C@@H]3CCC4=C/C(=N\OCCOc5ccc(C)cc5)C=C[C@]4(C)[C@H]3/C(=N\N(C)C)C[C@@]21C. The summed E-state index contributed by atoms with van der Waals surface area (Å²) < 4.78 is 5.75. The van der Waals surface area contributed by atoms with Gasteiger partial charge >= 0.3 is 0 Å². The molecule has 6 atom stereocenters. The molecule has 40 heavy (non-hydrogen) atoms. The average Bonchev–Trinajstić information content (AvgIpc) is 3.19. The van der Waals surface area contributed by atoms with Crippen LogP contribution in [0.5, 0.6) is 5.75 Å². The van der Waals surface area contributed by atoms with Gasteiger partial charge in [-0.25, -0.2) is 0 Å². The maximum absolute atomic E-state index is 13.1. The lowest BCUT2D eigenvalue weighted by atomic mass is 9.46. The van der Waals surface area contributed by atoms with E-state index in [1.807, 2.05) is 50.3 Å². The highest BCUT2D eigenvalue weighted by Crippen LogP contribution is 2.66. The second kappa shape index (κ2) is 10.8. The number of hydrazone groups is 1. The summed E-state index contributed by atoms with van der Waals surface area (Å²) in [5.74, 6) is 1.67. The second-order valence-electron chi connectivity index (χ2n) is 12.8. The van der Waals surface area contributed by atoms with Crippen LogP contribution < -0.4 is 4.74 Å². The Morgan fingerprint density at radius 2 is 1.90 bits per heavy atom. The number of nitrogens with zero attached hydrogens (tertiary/aromatic N) is 3. The molecule has 0 radical (unpaired) electrons. The van der Waals surface area contributed by atoms with Gasteiger partial charge in [0.15, 0.2) is 12.4 Å². The first-order valence-electron chi connectivity index (χ1n) is 14.8. The van der Waals surface area contributed by atoms with Crippen molar-refractivity contribution in [3.05, 3.63) is 53.6 Å². The van der Waals surface area contributed by atoms with Crippen molar-refractivity contribution in [1.29, 1.82) is 0 Å². The lowest BCUT2D eigenvalue weighted by Gasteiger charge is -2.58. The molecule has 7 nitrogen and oxygen atoms in total. The summed E-state index contributed by atoms with van der Waals surface area (Å²) in [6.45, 7) is 9.19. The van der Waals surface area contributed by atoms with E-state index in [1.165, 1.54) is 11.1 Å². The second-order valence-corrected chi connectivity index (χ2v) is 12.8. The lowest BCUT2D eigenvalue weighted by molar-refractivity contribution is -0.153. The molecule has 0 spiro atoms. The van der Waals surface area contributed by atoms with Gasteiger partial charge in [-0.15, -0.1) is 0 Å². The molecule has 0 aliphatic heterocycles. The van der Waals surface area contributed by atoms with E-state index in [0.717, 1.165) is 36.4 Å². The molecule has 0 aromatic heterocycles. The monoisotopic (exact) mass is 547 g/mol. The van der Waals surface area contributed by atoms with E-state index in [0.29, 0.717) is 38.4 Å². The summed E-state index contributed by atoms with van der Waals surface area (Å²) in [7, 11) is 3.91. The van der Waals surface area contributed by atoms with E-state index >= 15 is 0 Å². The van der Waals surface area contributed by atoms with Crippen LogP contribution in [0.2, 0.25) is 0 Å². The zero-order valence-electron chi connectivity index (χ0n) is 24.9. The van der Waals surface area contributed by atoms with E-state index in [-0.39, 0.29) is 23.0 Å². The highest BCUT2D eigenvalue weighted by molar-refractivity contribution is 6.06. The average molecular weight is 548 g/mol. The Kier molecular flexibility index (Phi) is 7.73. The molecule has 4 aliphatic carbocycles. The fourth-order valence-corrected chi connectivity index (χ4v) is 8.19. The molecule has 0 amide bonds. The molecular weight excluding hydrogens is 502 g/mol. The van der Waals surface area contributed by atoms with Gasteiger partial charge < -0.3 is 19.7 Å². The number of ketones is 1. The minimum Gasteiger partial charge on any atom is -0.490 e. The molecule has 1 aromatic carbocycles. The Balaban J connectivity index is 1.34. The van der Waals surface area contributed by atoms with Crippen LogP contribution in [0.15, 0.2) is 58.3 Å². The van der Waals surface area contributed by atoms with Crippen molar-refractivity contribution in [1.82, 2.24) is 5.01 Å². The first-order chi connectivity index (χ1) is 19.0. The molecule has 1 aromatic rings. The van der Waals surface area contributed by atoms with E-state index in [2.05, 4.69) is 44.2 Å². The van der Waals surface area contributed by atoms with Crippen LogP contribution in [0, 0.1) is 35.5 Å². The predicted molar refractivity (Wildman–Crippen MR) is 158 cm³/mol.